The second kappa shape index (κ2) is 4.95. The van der Waals surface area contributed by atoms with Gasteiger partial charge in [-0.15, -0.1) is 0 Å². The van der Waals surface area contributed by atoms with Crippen molar-refractivity contribution in [2.75, 3.05) is 0 Å². The minimum Gasteiger partial charge on any atom is -0.458 e. The van der Waals surface area contributed by atoms with Crippen LogP contribution >= 0.6 is 0 Å². The molecule has 25 heavy (non-hydrogen) atoms. The Morgan fingerprint density at radius 3 is 2.44 bits per heavy atom. The summed E-state index contributed by atoms with van der Waals surface area (Å²) in [5, 5.41) is 21.5. The molecule has 3 aliphatic rings. The van der Waals surface area contributed by atoms with Gasteiger partial charge in [0.15, 0.2) is 0 Å². The number of carbonyl (C=O) groups excluding carboxylic acids is 1. The number of carbonyl (C=O) groups is 1. The number of aliphatic hydroxyl groups excluding tert-OH is 2. The molecule has 1 saturated heterocycles. The first-order chi connectivity index (χ1) is 11.6. The van der Waals surface area contributed by atoms with Crippen molar-refractivity contribution in [3.05, 3.63) is 33.4 Å². The summed E-state index contributed by atoms with van der Waals surface area (Å²) >= 11 is 0. The molecule has 136 valence electrons. The van der Waals surface area contributed by atoms with Gasteiger partial charge in [0.1, 0.15) is 18.0 Å². The number of ether oxygens (including phenoxy) is 1. The van der Waals surface area contributed by atoms with Crippen LogP contribution < -0.4 is 5.63 Å². The highest BCUT2D eigenvalue weighted by atomic mass is 16.6. The molecule has 1 aromatic heterocycles. The van der Waals surface area contributed by atoms with Crippen LogP contribution in [-0.2, 0) is 14.9 Å². The summed E-state index contributed by atoms with van der Waals surface area (Å²) < 4.78 is 11.0. The van der Waals surface area contributed by atoms with Crippen LogP contribution in [0.3, 0.4) is 0 Å². The quantitative estimate of drug-likeness (QED) is 0.751. The van der Waals surface area contributed by atoms with Gasteiger partial charge in [0.2, 0.25) is 0 Å². The first kappa shape index (κ1) is 16.8. The molecule has 2 aliphatic carbocycles. The SMILES string of the molecule is CC(C)c1oc(=O)cc2c1[C@@H](O)[C@H]1OC(=O)[C@@]3(C)C[C@@H](O)C[C@@]2(C)[C@@H]13. The number of fused-ring (bicyclic) bond motifs is 2. The zero-order valence-electron chi connectivity index (χ0n) is 14.9. The lowest BCUT2D eigenvalue weighted by molar-refractivity contribution is -0.152. The molecule has 1 aromatic rings. The highest BCUT2D eigenvalue weighted by Crippen LogP contribution is 2.63. The van der Waals surface area contributed by atoms with Crippen molar-refractivity contribution >= 4 is 5.97 Å². The third-order valence-corrected chi connectivity index (χ3v) is 6.51. The fourth-order valence-corrected chi connectivity index (χ4v) is 5.69. The Hall–Kier alpha value is -1.66. The molecule has 2 N–H and O–H groups in total. The lowest BCUT2D eigenvalue weighted by atomic mass is 9.49. The van der Waals surface area contributed by atoms with Crippen LogP contribution in [0.5, 0.6) is 0 Å². The maximum Gasteiger partial charge on any atom is 0.336 e. The van der Waals surface area contributed by atoms with E-state index in [0.29, 0.717) is 29.7 Å². The van der Waals surface area contributed by atoms with Crippen LogP contribution in [0, 0.1) is 11.3 Å². The predicted octanol–water partition coefficient (Wildman–Crippen LogP) is 1.77. The molecule has 1 aliphatic heterocycles. The zero-order valence-corrected chi connectivity index (χ0v) is 14.9. The van der Waals surface area contributed by atoms with Crippen LogP contribution in [0.4, 0.5) is 0 Å². The van der Waals surface area contributed by atoms with Crippen molar-refractivity contribution in [3.63, 3.8) is 0 Å². The summed E-state index contributed by atoms with van der Waals surface area (Å²) in [4.78, 5) is 24.8. The Labute approximate surface area is 145 Å². The van der Waals surface area contributed by atoms with E-state index in [1.54, 1.807) is 6.92 Å². The normalized spacial score (nSPS) is 42.1. The van der Waals surface area contributed by atoms with Crippen LogP contribution in [0.25, 0.3) is 0 Å². The van der Waals surface area contributed by atoms with Crippen molar-refractivity contribution in [1.29, 1.82) is 0 Å². The third-order valence-electron chi connectivity index (χ3n) is 6.51. The molecule has 6 heteroatoms. The minimum atomic E-state index is -1.03. The smallest absolute Gasteiger partial charge is 0.336 e. The number of rotatable bonds is 1. The molecular formula is C19H24O6. The summed E-state index contributed by atoms with van der Waals surface area (Å²) in [5.41, 5.74) is -0.753. The maximum absolute atomic E-state index is 12.6. The van der Waals surface area contributed by atoms with Crippen LogP contribution in [-0.4, -0.2) is 28.4 Å². The van der Waals surface area contributed by atoms with Crippen LogP contribution in [0.2, 0.25) is 0 Å². The molecule has 1 saturated carbocycles. The molecule has 2 heterocycles. The van der Waals surface area contributed by atoms with E-state index < -0.39 is 34.8 Å². The summed E-state index contributed by atoms with van der Waals surface area (Å²) in [5.74, 6) is -0.348. The molecule has 6 nitrogen and oxygen atoms in total. The van der Waals surface area contributed by atoms with Crippen LogP contribution in [0.1, 0.15) is 69.4 Å². The Kier molecular flexibility index (Phi) is 3.32. The number of aliphatic hydroxyl groups is 2. The molecule has 0 radical (unpaired) electrons. The molecular weight excluding hydrogens is 324 g/mol. The second-order valence-corrected chi connectivity index (χ2v) is 8.60. The number of hydrogen-bond acceptors (Lipinski definition) is 6. The monoisotopic (exact) mass is 348 g/mol. The lowest BCUT2D eigenvalue weighted by Gasteiger charge is -2.53. The van der Waals surface area contributed by atoms with Crippen molar-refractivity contribution in [1.82, 2.24) is 0 Å². The topological polar surface area (TPSA) is 97.0 Å². The van der Waals surface area contributed by atoms with Gasteiger partial charge in [0.25, 0.3) is 0 Å². The second-order valence-electron chi connectivity index (χ2n) is 8.60. The van der Waals surface area contributed by atoms with Gasteiger partial charge in [-0.05, 0) is 25.3 Å². The van der Waals surface area contributed by atoms with Gasteiger partial charge in [-0.25, -0.2) is 4.79 Å². The van der Waals surface area contributed by atoms with E-state index in [1.165, 1.54) is 6.07 Å². The predicted molar refractivity (Wildman–Crippen MR) is 88.1 cm³/mol. The summed E-state index contributed by atoms with van der Waals surface area (Å²) in [6.07, 6.45) is -1.66. The van der Waals surface area contributed by atoms with E-state index in [9.17, 15) is 19.8 Å². The number of hydrogen-bond donors (Lipinski definition) is 2. The Morgan fingerprint density at radius 2 is 1.80 bits per heavy atom. The van der Waals surface area contributed by atoms with E-state index in [-0.39, 0.29) is 17.8 Å². The Balaban J connectivity index is 2.04. The first-order valence-corrected chi connectivity index (χ1v) is 8.85. The molecule has 0 unspecified atom stereocenters. The van der Waals surface area contributed by atoms with E-state index in [0.717, 1.165) is 0 Å². The summed E-state index contributed by atoms with van der Waals surface area (Å²) in [6.45, 7) is 7.54. The van der Waals surface area contributed by atoms with Crippen molar-refractivity contribution in [2.24, 2.45) is 11.3 Å². The van der Waals surface area contributed by atoms with Gasteiger partial charge in [-0.2, -0.15) is 0 Å². The van der Waals surface area contributed by atoms with Crippen molar-refractivity contribution < 1.29 is 24.2 Å². The average molecular weight is 348 g/mol. The van der Waals surface area contributed by atoms with E-state index in [2.05, 4.69) is 0 Å². The van der Waals surface area contributed by atoms with E-state index in [1.807, 2.05) is 20.8 Å². The van der Waals surface area contributed by atoms with Gasteiger partial charge in [-0.3, -0.25) is 4.79 Å². The molecule has 4 rings (SSSR count). The summed E-state index contributed by atoms with van der Waals surface area (Å²) in [6, 6.07) is 1.42. The highest BCUT2D eigenvalue weighted by molar-refractivity contribution is 5.81. The minimum absolute atomic E-state index is 0.102. The first-order valence-electron chi connectivity index (χ1n) is 8.85. The lowest BCUT2D eigenvalue weighted by Crippen LogP contribution is -2.57. The van der Waals surface area contributed by atoms with Gasteiger partial charge in [0.05, 0.1) is 11.5 Å². The fraction of sp³-hybridized carbons (Fsp3) is 0.684. The van der Waals surface area contributed by atoms with Gasteiger partial charge in [-0.1, -0.05) is 20.8 Å². The largest absolute Gasteiger partial charge is 0.458 e. The Morgan fingerprint density at radius 1 is 1.16 bits per heavy atom. The average Bonchev–Trinajstić information content (AvgIpc) is 2.76. The molecule has 0 aromatic carbocycles. The van der Waals surface area contributed by atoms with E-state index in [4.69, 9.17) is 9.15 Å². The van der Waals surface area contributed by atoms with E-state index >= 15 is 0 Å². The molecule has 0 amide bonds. The maximum atomic E-state index is 12.6. The van der Waals surface area contributed by atoms with Crippen LogP contribution in [0.15, 0.2) is 15.3 Å². The fourth-order valence-electron chi connectivity index (χ4n) is 5.69. The van der Waals surface area contributed by atoms with Gasteiger partial charge in [0, 0.05) is 28.9 Å². The Bertz CT molecular complexity index is 811. The van der Waals surface area contributed by atoms with Gasteiger partial charge >= 0.3 is 11.6 Å². The molecule has 0 bridgehead atoms. The zero-order chi connectivity index (χ0) is 18.3. The van der Waals surface area contributed by atoms with Crippen molar-refractivity contribution in [2.45, 2.75) is 70.2 Å². The molecule has 6 atom stereocenters. The highest BCUT2D eigenvalue weighted by Gasteiger charge is 2.68. The summed E-state index contributed by atoms with van der Waals surface area (Å²) in [7, 11) is 0. The molecule has 2 fully saturated rings. The number of esters is 1. The standard InChI is InChI=1S/C19H24O6/c1-8(2)14-12-10(5-11(21)24-14)18(3)6-9(20)7-19(4)16(18)15(13(12)22)25-17(19)23/h5,8-9,13,15-16,20,22H,6-7H2,1-4H3/t9-,13+,15+,16+,18+,19-/m0/s1. The van der Waals surface area contributed by atoms with Gasteiger partial charge < -0.3 is 19.4 Å². The third kappa shape index (κ3) is 1.98. The molecule has 0 spiro atoms. The van der Waals surface area contributed by atoms with Crippen molar-refractivity contribution in [3.8, 4) is 0 Å².